The molecule has 0 aliphatic rings. The molecule has 0 spiro atoms. The van der Waals surface area contributed by atoms with Crippen molar-refractivity contribution in [3.8, 4) is 16.9 Å². The molecule has 0 bridgehead atoms. The number of benzene rings is 1. The number of nitrogens with one attached hydrogen (secondary N) is 1. The van der Waals surface area contributed by atoms with Crippen LogP contribution >= 0.6 is 11.6 Å². The van der Waals surface area contributed by atoms with Gasteiger partial charge in [0.05, 0.1) is 4.92 Å². The van der Waals surface area contributed by atoms with Crippen molar-refractivity contribution >= 4 is 35.0 Å². The first-order valence-corrected chi connectivity index (χ1v) is 6.64. The number of hydrogen-bond donors (Lipinski definition) is 5. The topological polar surface area (TPSA) is 197 Å². The van der Waals surface area contributed by atoms with Crippen LogP contribution in [0.3, 0.4) is 0 Å². The van der Waals surface area contributed by atoms with Gasteiger partial charge in [-0.3, -0.25) is 14.9 Å². The number of aromatic nitrogens is 1. The Morgan fingerprint density at radius 2 is 1.72 bits per heavy atom. The SMILES string of the molecule is Nc1[nH]c(=O)c(C(=O)O)c(-c2c(O)ccc(Cl)c2[N+](=O)[O-])c1C(=O)O. The van der Waals surface area contributed by atoms with Gasteiger partial charge in [0.1, 0.15) is 33.3 Å². The number of phenols is 1. The van der Waals surface area contributed by atoms with E-state index in [0.29, 0.717) is 0 Å². The molecule has 2 rings (SSSR count). The van der Waals surface area contributed by atoms with E-state index in [9.17, 15) is 39.8 Å². The highest BCUT2D eigenvalue weighted by Gasteiger charge is 2.34. The molecule has 0 amide bonds. The maximum atomic E-state index is 11.9. The molecule has 0 atom stereocenters. The van der Waals surface area contributed by atoms with Gasteiger partial charge in [-0.2, -0.15) is 0 Å². The molecular formula is C13H8ClN3O8. The second-order valence-corrected chi connectivity index (χ2v) is 5.06. The van der Waals surface area contributed by atoms with Crippen molar-refractivity contribution in [1.29, 1.82) is 0 Å². The Balaban J connectivity index is 3.21. The zero-order valence-electron chi connectivity index (χ0n) is 11.9. The van der Waals surface area contributed by atoms with Crippen LogP contribution < -0.4 is 11.3 Å². The quantitative estimate of drug-likeness (QED) is 0.389. The van der Waals surface area contributed by atoms with E-state index in [-0.39, 0.29) is 0 Å². The molecule has 1 heterocycles. The predicted molar refractivity (Wildman–Crippen MR) is 84.2 cm³/mol. The van der Waals surface area contributed by atoms with Gasteiger partial charge in [-0.1, -0.05) is 11.6 Å². The van der Waals surface area contributed by atoms with Crippen LogP contribution in [0.15, 0.2) is 16.9 Å². The molecule has 0 radical (unpaired) electrons. The summed E-state index contributed by atoms with van der Waals surface area (Å²) in [5.74, 6) is -5.26. The van der Waals surface area contributed by atoms with Crippen molar-refractivity contribution in [1.82, 2.24) is 4.98 Å². The molecule has 11 nitrogen and oxygen atoms in total. The number of aromatic hydroxyl groups is 1. The fourth-order valence-electron chi connectivity index (χ4n) is 2.28. The highest BCUT2D eigenvalue weighted by atomic mass is 35.5. The van der Waals surface area contributed by atoms with Gasteiger partial charge in [-0.15, -0.1) is 0 Å². The minimum absolute atomic E-state index is 0.510. The molecule has 130 valence electrons. The molecule has 0 fully saturated rings. The Labute approximate surface area is 142 Å². The number of H-pyrrole nitrogens is 1. The van der Waals surface area contributed by atoms with Crippen LogP contribution in [0.1, 0.15) is 20.7 Å². The average Bonchev–Trinajstić information content (AvgIpc) is 2.47. The van der Waals surface area contributed by atoms with E-state index in [4.69, 9.17) is 17.3 Å². The first-order valence-electron chi connectivity index (χ1n) is 6.26. The summed E-state index contributed by atoms with van der Waals surface area (Å²) in [7, 11) is 0. The maximum absolute atomic E-state index is 11.9. The van der Waals surface area contributed by atoms with Crippen molar-refractivity contribution in [2.75, 3.05) is 5.73 Å². The molecule has 25 heavy (non-hydrogen) atoms. The third-order valence-corrected chi connectivity index (χ3v) is 3.52. The molecule has 0 aliphatic heterocycles. The second-order valence-electron chi connectivity index (χ2n) is 4.65. The number of nitro benzene ring substituents is 1. The number of nitrogens with zero attached hydrogens (tertiary/aromatic N) is 1. The Morgan fingerprint density at radius 3 is 2.20 bits per heavy atom. The third kappa shape index (κ3) is 2.83. The average molecular weight is 370 g/mol. The van der Waals surface area contributed by atoms with E-state index in [1.165, 1.54) is 0 Å². The summed E-state index contributed by atoms with van der Waals surface area (Å²) in [6.45, 7) is 0. The number of nitrogens with two attached hydrogens (primary N) is 1. The number of anilines is 1. The number of carboxylic acid groups (broad SMARTS) is 2. The highest BCUT2D eigenvalue weighted by Crippen LogP contribution is 2.44. The fraction of sp³-hybridized carbons (Fsp3) is 0. The summed E-state index contributed by atoms with van der Waals surface area (Å²) in [6, 6.07) is 1.84. The number of nitro groups is 1. The first kappa shape index (κ1) is 17.7. The Morgan fingerprint density at radius 1 is 1.16 bits per heavy atom. The summed E-state index contributed by atoms with van der Waals surface area (Å²) >= 11 is 5.72. The van der Waals surface area contributed by atoms with Crippen LogP contribution in [0.25, 0.3) is 11.1 Å². The van der Waals surface area contributed by atoms with E-state index >= 15 is 0 Å². The molecule has 0 aliphatic carbocycles. The van der Waals surface area contributed by atoms with E-state index in [2.05, 4.69) is 0 Å². The van der Waals surface area contributed by atoms with Gasteiger partial charge in [-0.05, 0) is 12.1 Å². The lowest BCUT2D eigenvalue weighted by Crippen LogP contribution is -2.24. The van der Waals surface area contributed by atoms with Crippen molar-refractivity contribution in [2.45, 2.75) is 0 Å². The smallest absolute Gasteiger partial charge is 0.342 e. The first-order chi connectivity index (χ1) is 11.6. The summed E-state index contributed by atoms with van der Waals surface area (Å²) in [6.07, 6.45) is 0. The van der Waals surface area contributed by atoms with Crippen LogP contribution in [0.4, 0.5) is 11.5 Å². The zero-order chi connectivity index (χ0) is 19.0. The number of hydrogen-bond acceptors (Lipinski definition) is 7. The van der Waals surface area contributed by atoms with Crippen LogP contribution in [0.2, 0.25) is 5.02 Å². The van der Waals surface area contributed by atoms with E-state index in [1.807, 2.05) is 4.98 Å². The predicted octanol–water partition coefficient (Wildman–Crippen LogP) is 1.29. The molecular weight excluding hydrogens is 362 g/mol. The number of nitrogen functional groups attached to an aromatic ring is 1. The van der Waals surface area contributed by atoms with Gasteiger partial charge >= 0.3 is 11.9 Å². The van der Waals surface area contributed by atoms with Gasteiger partial charge in [0, 0.05) is 5.56 Å². The van der Waals surface area contributed by atoms with Crippen LogP contribution in [0.5, 0.6) is 5.75 Å². The molecule has 0 unspecified atom stereocenters. The van der Waals surface area contributed by atoms with Gasteiger partial charge < -0.3 is 26.0 Å². The Bertz CT molecular complexity index is 998. The number of halogens is 1. The van der Waals surface area contributed by atoms with Crippen molar-refractivity contribution in [2.24, 2.45) is 0 Å². The lowest BCUT2D eigenvalue weighted by molar-refractivity contribution is -0.384. The summed E-state index contributed by atoms with van der Waals surface area (Å²) in [5.41, 5.74) is -0.697. The van der Waals surface area contributed by atoms with E-state index in [1.54, 1.807) is 0 Å². The standard InChI is InChI=1S/C13H8ClN3O8/c14-3-1-2-4(18)5(9(3)17(24)25)6-7(12(20)21)10(15)16-11(19)8(6)13(22)23/h1-2,18H,(H,20,21)(H,22,23)(H3,15,16,19). The number of aromatic amines is 1. The van der Waals surface area contributed by atoms with Crippen molar-refractivity contribution < 1.29 is 29.8 Å². The minimum Gasteiger partial charge on any atom is -0.507 e. The van der Waals surface area contributed by atoms with E-state index in [0.717, 1.165) is 12.1 Å². The Kier molecular flexibility index (Phi) is 4.35. The number of carbonyl (C=O) groups is 2. The van der Waals surface area contributed by atoms with Gasteiger partial charge in [-0.25, -0.2) is 9.59 Å². The normalized spacial score (nSPS) is 10.4. The number of carboxylic acids is 2. The maximum Gasteiger partial charge on any atom is 0.342 e. The largest absolute Gasteiger partial charge is 0.507 e. The van der Waals surface area contributed by atoms with Crippen molar-refractivity contribution in [3.63, 3.8) is 0 Å². The summed E-state index contributed by atoms with van der Waals surface area (Å²) < 4.78 is 0. The lowest BCUT2D eigenvalue weighted by Gasteiger charge is -2.14. The van der Waals surface area contributed by atoms with E-state index < -0.39 is 67.0 Å². The molecule has 1 aromatic heterocycles. The van der Waals surface area contributed by atoms with Gasteiger partial charge in [0.15, 0.2) is 0 Å². The third-order valence-electron chi connectivity index (χ3n) is 3.21. The number of pyridine rings is 1. The molecule has 6 N–H and O–H groups in total. The molecule has 2 aromatic rings. The Hall–Kier alpha value is -3.60. The number of phenolic OH excluding ortho intramolecular Hbond substituents is 1. The van der Waals surface area contributed by atoms with Crippen LogP contribution in [-0.4, -0.2) is 37.2 Å². The summed E-state index contributed by atoms with van der Waals surface area (Å²) in [5, 5.41) is 39.4. The molecule has 0 saturated carbocycles. The lowest BCUT2D eigenvalue weighted by atomic mass is 9.93. The van der Waals surface area contributed by atoms with Crippen LogP contribution in [0, 0.1) is 10.1 Å². The number of aromatic carboxylic acids is 2. The van der Waals surface area contributed by atoms with Gasteiger partial charge in [0.25, 0.3) is 11.2 Å². The summed E-state index contributed by atoms with van der Waals surface area (Å²) in [4.78, 5) is 47.0. The fourth-order valence-corrected chi connectivity index (χ4v) is 2.50. The highest BCUT2D eigenvalue weighted by molar-refractivity contribution is 6.33. The van der Waals surface area contributed by atoms with Gasteiger partial charge in [0.2, 0.25) is 0 Å². The van der Waals surface area contributed by atoms with Crippen molar-refractivity contribution in [3.05, 3.63) is 48.8 Å². The number of rotatable bonds is 4. The second kappa shape index (κ2) is 6.13. The molecule has 12 heteroatoms. The monoisotopic (exact) mass is 369 g/mol. The molecule has 1 aromatic carbocycles. The van der Waals surface area contributed by atoms with Crippen LogP contribution in [-0.2, 0) is 0 Å². The zero-order valence-corrected chi connectivity index (χ0v) is 12.7. The molecule has 0 saturated heterocycles. The minimum atomic E-state index is -1.88.